The monoisotopic (exact) mass is 297 g/mol. The summed E-state index contributed by atoms with van der Waals surface area (Å²) in [7, 11) is 3.36. The van der Waals surface area contributed by atoms with Crippen LogP contribution in [0, 0.1) is 0 Å². The summed E-state index contributed by atoms with van der Waals surface area (Å²) in [5.41, 5.74) is 1.35. The minimum absolute atomic E-state index is 0.582. The first kappa shape index (κ1) is 15.5. The zero-order chi connectivity index (χ0) is 14.4. The molecule has 0 amide bonds. The van der Waals surface area contributed by atoms with E-state index in [0.717, 1.165) is 36.9 Å². The second-order valence-corrected chi connectivity index (χ2v) is 5.67. The first-order valence-corrected chi connectivity index (χ1v) is 7.82. The van der Waals surface area contributed by atoms with Crippen LogP contribution >= 0.6 is 11.6 Å². The molecular weight excluding hydrogens is 274 g/mol. The van der Waals surface area contributed by atoms with Gasteiger partial charge in [0, 0.05) is 12.4 Å². The highest BCUT2D eigenvalue weighted by Crippen LogP contribution is 2.34. The largest absolute Gasteiger partial charge is 0.493 e. The molecule has 1 atom stereocenters. The molecule has 1 aromatic rings. The predicted octanol–water partition coefficient (Wildman–Crippen LogP) is 3.51. The number of piperidine rings is 1. The van der Waals surface area contributed by atoms with E-state index >= 15 is 0 Å². The molecule has 1 aromatic carbocycles. The van der Waals surface area contributed by atoms with Crippen molar-refractivity contribution in [3.63, 3.8) is 0 Å². The third-order valence-electron chi connectivity index (χ3n) is 3.99. The van der Waals surface area contributed by atoms with Crippen LogP contribution in [0.15, 0.2) is 18.2 Å². The summed E-state index contributed by atoms with van der Waals surface area (Å²) < 4.78 is 10.7. The molecular formula is C16H24ClNO2. The molecule has 0 aliphatic carbocycles. The van der Waals surface area contributed by atoms with Crippen molar-refractivity contribution in [2.75, 3.05) is 39.7 Å². The van der Waals surface area contributed by atoms with Gasteiger partial charge in [0.2, 0.25) is 0 Å². The van der Waals surface area contributed by atoms with Crippen molar-refractivity contribution in [3.8, 4) is 11.5 Å². The van der Waals surface area contributed by atoms with Gasteiger partial charge in [-0.25, -0.2) is 0 Å². The van der Waals surface area contributed by atoms with Crippen LogP contribution in [0.1, 0.15) is 30.7 Å². The van der Waals surface area contributed by atoms with Crippen molar-refractivity contribution in [2.24, 2.45) is 0 Å². The first-order chi connectivity index (χ1) is 9.78. The average Bonchev–Trinajstić information content (AvgIpc) is 2.52. The highest BCUT2D eigenvalue weighted by atomic mass is 35.5. The third kappa shape index (κ3) is 3.80. The lowest BCUT2D eigenvalue weighted by Gasteiger charge is -2.33. The number of methoxy groups -OCH3 is 2. The van der Waals surface area contributed by atoms with Crippen LogP contribution in [-0.2, 0) is 0 Å². The molecule has 0 spiro atoms. The smallest absolute Gasteiger partial charge is 0.160 e. The Bertz CT molecular complexity index is 425. The molecule has 1 unspecified atom stereocenters. The standard InChI is InChI=1S/C16H24ClNO2/c1-19-15-7-6-13(11-16(15)20-2)14-5-3-9-18(12-14)10-4-8-17/h6-7,11,14H,3-5,8-10,12H2,1-2H3. The summed E-state index contributed by atoms with van der Waals surface area (Å²) in [6, 6.07) is 6.29. The second kappa shape index (κ2) is 7.75. The highest BCUT2D eigenvalue weighted by Gasteiger charge is 2.21. The zero-order valence-corrected chi connectivity index (χ0v) is 13.2. The third-order valence-corrected chi connectivity index (χ3v) is 4.26. The molecule has 1 aliphatic rings. The van der Waals surface area contributed by atoms with Gasteiger partial charge < -0.3 is 14.4 Å². The summed E-state index contributed by atoms with van der Waals surface area (Å²) in [5, 5.41) is 0. The Hall–Kier alpha value is -0.930. The molecule has 0 N–H and O–H groups in total. The Kier molecular flexibility index (Phi) is 5.99. The number of ether oxygens (including phenoxy) is 2. The minimum atomic E-state index is 0.582. The molecule has 1 aliphatic heterocycles. The van der Waals surface area contributed by atoms with Gasteiger partial charge in [0.05, 0.1) is 14.2 Å². The normalized spacial score (nSPS) is 19.9. The molecule has 1 saturated heterocycles. The number of hydrogen-bond acceptors (Lipinski definition) is 3. The van der Waals surface area contributed by atoms with Crippen molar-refractivity contribution >= 4 is 11.6 Å². The van der Waals surface area contributed by atoms with Crippen LogP contribution in [0.2, 0.25) is 0 Å². The summed E-state index contributed by atoms with van der Waals surface area (Å²) in [6.45, 7) is 3.42. The van der Waals surface area contributed by atoms with Gasteiger partial charge in [0.15, 0.2) is 11.5 Å². The lowest BCUT2D eigenvalue weighted by molar-refractivity contribution is 0.208. The molecule has 112 valence electrons. The van der Waals surface area contributed by atoms with Gasteiger partial charge >= 0.3 is 0 Å². The Balaban J connectivity index is 2.06. The number of rotatable bonds is 6. The van der Waals surface area contributed by atoms with Crippen LogP contribution in [0.5, 0.6) is 11.5 Å². The number of hydrogen-bond donors (Lipinski definition) is 0. The molecule has 1 fully saturated rings. The number of alkyl halides is 1. The van der Waals surface area contributed by atoms with Gasteiger partial charge in [-0.15, -0.1) is 11.6 Å². The maximum absolute atomic E-state index is 5.79. The van der Waals surface area contributed by atoms with Gasteiger partial charge in [0.25, 0.3) is 0 Å². The summed E-state index contributed by atoms with van der Waals surface area (Å²) in [4.78, 5) is 2.52. The second-order valence-electron chi connectivity index (χ2n) is 5.30. The summed E-state index contributed by atoms with van der Waals surface area (Å²) >= 11 is 5.79. The predicted molar refractivity (Wildman–Crippen MR) is 83.3 cm³/mol. The fraction of sp³-hybridized carbons (Fsp3) is 0.625. The lowest BCUT2D eigenvalue weighted by atomic mass is 9.90. The molecule has 0 bridgehead atoms. The molecule has 0 saturated carbocycles. The van der Waals surface area contributed by atoms with Crippen molar-refractivity contribution in [1.29, 1.82) is 0 Å². The SMILES string of the molecule is COc1ccc(C2CCCN(CCCCl)C2)cc1OC. The number of nitrogens with zero attached hydrogens (tertiary/aromatic N) is 1. The van der Waals surface area contributed by atoms with Crippen molar-refractivity contribution in [2.45, 2.75) is 25.2 Å². The number of halogens is 1. The van der Waals surface area contributed by atoms with Crippen molar-refractivity contribution < 1.29 is 9.47 Å². The van der Waals surface area contributed by atoms with E-state index < -0.39 is 0 Å². The van der Waals surface area contributed by atoms with Crippen LogP contribution in [-0.4, -0.2) is 44.6 Å². The first-order valence-electron chi connectivity index (χ1n) is 7.28. The van der Waals surface area contributed by atoms with Crippen LogP contribution in [0.25, 0.3) is 0 Å². The minimum Gasteiger partial charge on any atom is -0.493 e. The van der Waals surface area contributed by atoms with E-state index in [1.807, 2.05) is 6.07 Å². The zero-order valence-electron chi connectivity index (χ0n) is 12.4. The Morgan fingerprint density at radius 3 is 2.75 bits per heavy atom. The Morgan fingerprint density at radius 1 is 1.25 bits per heavy atom. The highest BCUT2D eigenvalue weighted by molar-refractivity contribution is 6.17. The summed E-state index contributed by atoms with van der Waals surface area (Å²) in [5.74, 6) is 2.95. The maximum Gasteiger partial charge on any atom is 0.160 e. The molecule has 3 nitrogen and oxygen atoms in total. The van der Waals surface area contributed by atoms with Crippen LogP contribution < -0.4 is 9.47 Å². The van der Waals surface area contributed by atoms with Crippen LogP contribution in [0.4, 0.5) is 0 Å². The molecule has 0 radical (unpaired) electrons. The van der Waals surface area contributed by atoms with E-state index in [4.69, 9.17) is 21.1 Å². The van der Waals surface area contributed by atoms with E-state index in [1.165, 1.54) is 24.9 Å². The van der Waals surface area contributed by atoms with Crippen molar-refractivity contribution in [1.82, 2.24) is 4.90 Å². The van der Waals surface area contributed by atoms with Gasteiger partial charge in [0.1, 0.15) is 0 Å². The summed E-state index contributed by atoms with van der Waals surface area (Å²) in [6.07, 6.45) is 3.56. The quantitative estimate of drug-likeness (QED) is 0.750. The Morgan fingerprint density at radius 2 is 2.05 bits per heavy atom. The molecule has 0 aromatic heterocycles. The van der Waals surface area contributed by atoms with Gasteiger partial charge in [-0.2, -0.15) is 0 Å². The molecule has 4 heteroatoms. The van der Waals surface area contributed by atoms with Crippen LogP contribution in [0.3, 0.4) is 0 Å². The van der Waals surface area contributed by atoms with E-state index in [2.05, 4.69) is 17.0 Å². The fourth-order valence-corrected chi connectivity index (χ4v) is 3.04. The van der Waals surface area contributed by atoms with E-state index in [0.29, 0.717) is 5.92 Å². The van der Waals surface area contributed by atoms with E-state index in [-0.39, 0.29) is 0 Å². The average molecular weight is 298 g/mol. The van der Waals surface area contributed by atoms with Gasteiger partial charge in [-0.3, -0.25) is 0 Å². The molecule has 20 heavy (non-hydrogen) atoms. The number of likely N-dealkylation sites (tertiary alicyclic amines) is 1. The van der Waals surface area contributed by atoms with E-state index in [1.54, 1.807) is 14.2 Å². The number of benzene rings is 1. The van der Waals surface area contributed by atoms with Gasteiger partial charge in [-0.05, 0) is 56.0 Å². The molecule has 2 rings (SSSR count). The van der Waals surface area contributed by atoms with Gasteiger partial charge in [-0.1, -0.05) is 6.07 Å². The maximum atomic E-state index is 5.79. The molecule has 1 heterocycles. The topological polar surface area (TPSA) is 21.7 Å². The van der Waals surface area contributed by atoms with E-state index in [9.17, 15) is 0 Å². The lowest BCUT2D eigenvalue weighted by Crippen LogP contribution is -2.35. The fourth-order valence-electron chi connectivity index (χ4n) is 2.92. The Labute approximate surface area is 126 Å². The van der Waals surface area contributed by atoms with Crippen molar-refractivity contribution in [3.05, 3.63) is 23.8 Å².